The molecule has 0 radical (unpaired) electrons. The van der Waals surface area contributed by atoms with Gasteiger partial charge in [-0.3, -0.25) is 9.59 Å². The van der Waals surface area contributed by atoms with Gasteiger partial charge >= 0.3 is 5.97 Å². The summed E-state index contributed by atoms with van der Waals surface area (Å²) in [5.41, 5.74) is 4.40. The summed E-state index contributed by atoms with van der Waals surface area (Å²) in [4.78, 5) is 26.7. The lowest BCUT2D eigenvalue weighted by molar-refractivity contribution is -0.142. The van der Waals surface area contributed by atoms with Crippen LogP contribution in [0.5, 0.6) is 5.75 Å². The summed E-state index contributed by atoms with van der Waals surface area (Å²) in [5.74, 6) is 0.724. The highest BCUT2D eigenvalue weighted by Crippen LogP contribution is 2.34. The van der Waals surface area contributed by atoms with Crippen molar-refractivity contribution in [1.82, 2.24) is 9.47 Å². The van der Waals surface area contributed by atoms with E-state index in [2.05, 4.69) is 17.6 Å². The minimum atomic E-state index is -0.206. The van der Waals surface area contributed by atoms with Crippen molar-refractivity contribution in [2.75, 3.05) is 27.3 Å². The molecule has 1 saturated heterocycles. The van der Waals surface area contributed by atoms with Gasteiger partial charge in [0.25, 0.3) is 5.91 Å². The maximum atomic E-state index is 13.3. The van der Waals surface area contributed by atoms with E-state index in [0.717, 1.165) is 46.3 Å². The van der Waals surface area contributed by atoms with Gasteiger partial charge in [0.05, 0.1) is 30.3 Å². The van der Waals surface area contributed by atoms with E-state index in [-0.39, 0.29) is 17.8 Å². The van der Waals surface area contributed by atoms with Crippen molar-refractivity contribution in [2.24, 2.45) is 13.0 Å². The lowest BCUT2D eigenvalue weighted by atomic mass is 9.93. The quantitative estimate of drug-likeness (QED) is 0.388. The maximum Gasteiger partial charge on any atom is 0.305 e. The van der Waals surface area contributed by atoms with E-state index in [1.807, 2.05) is 19.2 Å². The average molecular weight is 517 g/mol. The van der Waals surface area contributed by atoms with Crippen LogP contribution in [0.4, 0.5) is 0 Å². The number of rotatable bonds is 6. The SMILES string of the molecule is COC(=O)CC1CCN(C(=O)c2ccc(Cl)c(Cc3cc4c(C)cc(OC)cc4n3C)c2Cl)CC1. The number of aromatic nitrogens is 1. The summed E-state index contributed by atoms with van der Waals surface area (Å²) < 4.78 is 12.3. The van der Waals surface area contributed by atoms with Gasteiger partial charge in [0.2, 0.25) is 0 Å². The molecule has 1 amide bonds. The molecule has 0 spiro atoms. The molecule has 6 nitrogen and oxygen atoms in total. The fraction of sp³-hybridized carbons (Fsp3) is 0.407. The van der Waals surface area contributed by atoms with E-state index in [9.17, 15) is 9.59 Å². The zero-order chi connectivity index (χ0) is 25.3. The highest BCUT2D eigenvalue weighted by molar-refractivity contribution is 6.38. The number of fused-ring (bicyclic) bond motifs is 1. The van der Waals surface area contributed by atoms with Gasteiger partial charge in [0.15, 0.2) is 0 Å². The number of aryl methyl sites for hydroxylation is 2. The highest BCUT2D eigenvalue weighted by Gasteiger charge is 2.27. The molecule has 1 aliphatic heterocycles. The van der Waals surface area contributed by atoms with Gasteiger partial charge < -0.3 is 18.9 Å². The molecule has 0 aliphatic carbocycles. The Hall–Kier alpha value is -2.70. The van der Waals surface area contributed by atoms with Crippen molar-refractivity contribution >= 4 is 46.0 Å². The molecule has 1 aliphatic rings. The predicted molar refractivity (Wildman–Crippen MR) is 139 cm³/mol. The Morgan fingerprint density at radius 3 is 2.46 bits per heavy atom. The number of piperidine rings is 1. The number of ether oxygens (including phenoxy) is 2. The van der Waals surface area contributed by atoms with Gasteiger partial charge in [-0.2, -0.15) is 0 Å². The van der Waals surface area contributed by atoms with Crippen molar-refractivity contribution in [3.05, 3.63) is 62.8 Å². The van der Waals surface area contributed by atoms with Crippen LogP contribution < -0.4 is 4.74 Å². The smallest absolute Gasteiger partial charge is 0.305 e. The van der Waals surface area contributed by atoms with E-state index in [4.69, 9.17) is 32.7 Å². The number of hydrogen-bond donors (Lipinski definition) is 0. The second kappa shape index (κ2) is 10.5. The molecule has 0 saturated carbocycles. The molecule has 3 aromatic rings. The number of carbonyl (C=O) groups is 2. The fourth-order valence-electron chi connectivity index (χ4n) is 4.85. The van der Waals surface area contributed by atoms with Gasteiger partial charge in [-0.05, 0) is 61.1 Å². The largest absolute Gasteiger partial charge is 0.497 e. The molecule has 4 rings (SSSR count). The molecule has 186 valence electrons. The van der Waals surface area contributed by atoms with E-state index >= 15 is 0 Å². The molecule has 2 aromatic carbocycles. The molecule has 1 fully saturated rings. The van der Waals surface area contributed by atoms with Crippen molar-refractivity contribution < 1.29 is 19.1 Å². The Balaban J connectivity index is 1.57. The molecule has 35 heavy (non-hydrogen) atoms. The molecule has 8 heteroatoms. The normalized spacial score (nSPS) is 14.4. The first kappa shape index (κ1) is 25.4. The maximum absolute atomic E-state index is 13.3. The van der Waals surface area contributed by atoms with Crippen LogP contribution in [0.15, 0.2) is 30.3 Å². The highest BCUT2D eigenvalue weighted by atomic mass is 35.5. The molecular formula is C27H30Cl2N2O4. The van der Waals surface area contributed by atoms with Crippen molar-refractivity contribution in [3.8, 4) is 5.75 Å². The predicted octanol–water partition coefficient (Wildman–Crippen LogP) is 5.81. The van der Waals surface area contributed by atoms with E-state index < -0.39 is 0 Å². The number of nitrogens with zero attached hydrogens (tertiary/aromatic N) is 2. The van der Waals surface area contributed by atoms with Gasteiger partial charge in [0.1, 0.15) is 5.75 Å². The van der Waals surface area contributed by atoms with Crippen LogP contribution in [0, 0.1) is 12.8 Å². The summed E-state index contributed by atoms with van der Waals surface area (Å²) >= 11 is 13.4. The van der Waals surface area contributed by atoms with Crippen LogP contribution in [0.25, 0.3) is 10.9 Å². The Bertz CT molecular complexity index is 1280. The second-order valence-electron chi connectivity index (χ2n) is 9.15. The third-order valence-electron chi connectivity index (χ3n) is 7.04. The van der Waals surface area contributed by atoms with Crippen LogP contribution >= 0.6 is 23.2 Å². The molecule has 1 aromatic heterocycles. The number of esters is 1. The Kier molecular flexibility index (Phi) is 7.62. The lowest BCUT2D eigenvalue weighted by Gasteiger charge is -2.32. The van der Waals surface area contributed by atoms with Crippen molar-refractivity contribution in [2.45, 2.75) is 32.6 Å². The lowest BCUT2D eigenvalue weighted by Crippen LogP contribution is -2.39. The number of methoxy groups -OCH3 is 2. The number of hydrogen-bond acceptors (Lipinski definition) is 4. The van der Waals surface area contributed by atoms with E-state index in [1.54, 1.807) is 24.1 Å². The van der Waals surface area contributed by atoms with Crippen LogP contribution in [0.3, 0.4) is 0 Å². The fourth-order valence-corrected chi connectivity index (χ4v) is 5.44. The van der Waals surface area contributed by atoms with E-state index in [1.165, 1.54) is 7.11 Å². The van der Waals surface area contributed by atoms with Crippen LogP contribution in [-0.2, 0) is 23.0 Å². The summed E-state index contributed by atoms with van der Waals surface area (Å²) in [6.45, 7) is 3.22. The first-order valence-electron chi connectivity index (χ1n) is 11.7. The summed E-state index contributed by atoms with van der Waals surface area (Å²) in [6, 6.07) is 9.61. The number of halogens is 2. The molecular weight excluding hydrogens is 487 g/mol. The number of carbonyl (C=O) groups excluding carboxylic acids is 2. The Labute approximate surface area is 215 Å². The average Bonchev–Trinajstić information content (AvgIpc) is 3.17. The Morgan fingerprint density at radius 2 is 1.80 bits per heavy atom. The van der Waals surface area contributed by atoms with Gasteiger partial charge in [-0.25, -0.2) is 0 Å². The van der Waals surface area contributed by atoms with Crippen LogP contribution in [0.2, 0.25) is 10.0 Å². The zero-order valence-corrected chi connectivity index (χ0v) is 22.0. The summed E-state index contributed by atoms with van der Waals surface area (Å²) in [5, 5.41) is 2.05. The Morgan fingerprint density at radius 1 is 1.09 bits per heavy atom. The van der Waals surface area contributed by atoms with Gasteiger partial charge in [0, 0.05) is 55.1 Å². The second-order valence-corrected chi connectivity index (χ2v) is 9.94. The van der Waals surface area contributed by atoms with Gasteiger partial charge in [-0.1, -0.05) is 23.2 Å². The monoisotopic (exact) mass is 516 g/mol. The number of amides is 1. The third kappa shape index (κ3) is 5.14. The standard InChI is InChI=1S/C27H30Cl2N2O4/c1-16-11-19(34-3)15-24-21(16)13-18(30(24)2)14-22-23(28)6-5-20(26(22)29)27(33)31-9-7-17(8-10-31)12-25(32)35-4/h5-6,11,13,15,17H,7-10,12,14H2,1-4H3. The molecule has 0 bridgehead atoms. The molecule has 2 heterocycles. The molecule has 0 N–H and O–H groups in total. The topological polar surface area (TPSA) is 60.8 Å². The summed E-state index contributed by atoms with van der Waals surface area (Å²) in [6.07, 6.45) is 2.41. The molecule has 0 unspecified atom stereocenters. The zero-order valence-electron chi connectivity index (χ0n) is 20.5. The number of benzene rings is 2. The molecule has 0 atom stereocenters. The van der Waals surface area contributed by atoms with Gasteiger partial charge in [-0.15, -0.1) is 0 Å². The third-order valence-corrected chi connectivity index (χ3v) is 7.82. The summed E-state index contributed by atoms with van der Waals surface area (Å²) in [7, 11) is 5.07. The van der Waals surface area contributed by atoms with E-state index in [0.29, 0.717) is 41.5 Å². The number of likely N-dealkylation sites (tertiary alicyclic amines) is 1. The van der Waals surface area contributed by atoms with Crippen molar-refractivity contribution in [1.29, 1.82) is 0 Å². The van der Waals surface area contributed by atoms with Crippen LogP contribution in [0.1, 0.15) is 46.4 Å². The van der Waals surface area contributed by atoms with Crippen LogP contribution in [-0.4, -0.2) is 48.7 Å². The first-order valence-corrected chi connectivity index (χ1v) is 12.4. The van der Waals surface area contributed by atoms with Crippen molar-refractivity contribution in [3.63, 3.8) is 0 Å². The minimum absolute atomic E-state index is 0.109. The minimum Gasteiger partial charge on any atom is -0.497 e. The first-order chi connectivity index (χ1) is 16.7.